The zero-order chi connectivity index (χ0) is 14.8. The van der Waals surface area contributed by atoms with Gasteiger partial charge in [-0.25, -0.2) is 4.98 Å². The highest BCUT2D eigenvalue weighted by atomic mass is 16.2. The van der Waals surface area contributed by atoms with Crippen molar-refractivity contribution in [1.82, 2.24) is 14.9 Å². The number of aromatic amines is 1. The Labute approximate surface area is 123 Å². The molecule has 0 spiro atoms. The standard InChI is InChI=1S/C17H17N3O/c1-20(2)16(21)11-12-3-5-13(6-4-12)14-7-9-18-17-15(14)8-10-19-17/h3-10H,11H2,1-2H3,(H,18,19). The van der Waals surface area contributed by atoms with Gasteiger partial charge in [-0.2, -0.15) is 0 Å². The van der Waals surface area contributed by atoms with Crippen molar-refractivity contribution in [3.63, 3.8) is 0 Å². The number of carbonyl (C=O) groups excluding carboxylic acids is 1. The molecule has 3 aromatic rings. The second kappa shape index (κ2) is 5.40. The first kappa shape index (κ1) is 13.4. The highest BCUT2D eigenvalue weighted by Gasteiger charge is 2.08. The van der Waals surface area contributed by atoms with E-state index >= 15 is 0 Å². The molecule has 0 atom stereocenters. The molecule has 0 aliphatic heterocycles. The number of amides is 1. The summed E-state index contributed by atoms with van der Waals surface area (Å²) < 4.78 is 0. The third-order valence-corrected chi connectivity index (χ3v) is 3.58. The Balaban J connectivity index is 1.91. The van der Waals surface area contributed by atoms with Crippen molar-refractivity contribution in [3.05, 3.63) is 54.4 Å². The first-order chi connectivity index (χ1) is 10.1. The largest absolute Gasteiger partial charge is 0.349 e. The van der Waals surface area contributed by atoms with E-state index < -0.39 is 0 Å². The van der Waals surface area contributed by atoms with Crippen molar-refractivity contribution in [2.75, 3.05) is 14.1 Å². The Hall–Kier alpha value is -2.62. The number of pyridine rings is 1. The molecule has 4 nitrogen and oxygen atoms in total. The Morgan fingerprint density at radius 1 is 1.14 bits per heavy atom. The lowest BCUT2D eigenvalue weighted by molar-refractivity contribution is -0.127. The molecule has 3 rings (SSSR count). The van der Waals surface area contributed by atoms with E-state index in [1.807, 2.05) is 30.5 Å². The van der Waals surface area contributed by atoms with Crippen LogP contribution >= 0.6 is 0 Å². The molecule has 4 heteroatoms. The predicted octanol–water partition coefficient (Wildman–Crippen LogP) is 2.86. The van der Waals surface area contributed by atoms with Crippen LogP contribution in [0.15, 0.2) is 48.8 Å². The molecule has 0 radical (unpaired) electrons. The van der Waals surface area contributed by atoms with Crippen molar-refractivity contribution in [2.24, 2.45) is 0 Å². The van der Waals surface area contributed by atoms with E-state index in [2.05, 4.69) is 22.1 Å². The number of fused-ring (bicyclic) bond motifs is 1. The van der Waals surface area contributed by atoms with Crippen LogP contribution in [0, 0.1) is 0 Å². The van der Waals surface area contributed by atoms with Gasteiger partial charge in [0, 0.05) is 31.9 Å². The number of benzene rings is 1. The quantitative estimate of drug-likeness (QED) is 0.801. The van der Waals surface area contributed by atoms with E-state index in [-0.39, 0.29) is 5.91 Å². The topological polar surface area (TPSA) is 49.0 Å². The van der Waals surface area contributed by atoms with E-state index in [0.29, 0.717) is 6.42 Å². The predicted molar refractivity (Wildman–Crippen MR) is 83.9 cm³/mol. The zero-order valence-corrected chi connectivity index (χ0v) is 12.1. The highest BCUT2D eigenvalue weighted by Crippen LogP contribution is 2.27. The molecule has 0 aliphatic carbocycles. The Bertz CT molecular complexity index is 772. The molecule has 2 heterocycles. The first-order valence-electron chi connectivity index (χ1n) is 6.87. The monoisotopic (exact) mass is 279 g/mol. The third kappa shape index (κ3) is 2.65. The summed E-state index contributed by atoms with van der Waals surface area (Å²) in [6, 6.07) is 12.2. The number of hydrogen-bond acceptors (Lipinski definition) is 2. The lowest BCUT2D eigenvalue weighted by Gasteiger charge is -2.10. The van der Waals surface area contributed by atoms with Crippen molar-refractivity contribution < 1.29 is 4.79 Å². The minimum absolute atomic E-state index is 0.111. The Morgan fingerprint density at radius 2 is 1.90 bits per heavy atom. The summed E-state index contributed by atoms with van der Waals surface area (Å²) in [5.41, 5.74) is 4.19. The summed E-state index contributed by atoms with van der Waals surface area (Å²) >= 11 is 0. The number of carbonyl (C=O) groups is 1. The summed E-state index contributed by atoms with van der Waals surface area (Å²) in [5.74, 6) is 0.111. The number of hydrogen-bond donors (Lipinski definition) is 1. The number of aromatic nitrogens is 2. The fraction of sp³-hybridized carbons (Fsp3) is 0.176. The van der Waals surface area contributed by atoms with Crippen LogP contribution in [0.25, 0.3) is 22.2 Å². The summed E-state index contributed by atoms with van der Waals surface area (Å²) in [4.78, 5) is 20.7. The zero-order valence-electron chi connectivity index (χ0n) is 12.1. The van der Waals surface area contributed by atoms with Gasteiger partial charge in [0.1, 0.15) is 5.65 Å². The Kier molecular flexibility index (Phi) is 3.44. The van der Waals surface area contributed by atoms with Gasteiger partial charge in [-0.15, -0.1) is 0 Å². The number of rotatable bonds is 3. The minimum atomic E-state index is 0.111. The molecule has 1 N–H and O–H groups in total. The van der Waals surface area contributed by atoms with Gasteiger partial charge in [0.2, 0.25) is 5.91 Å². The maximum absolute atomic E-state index is 11.7. The molecule has 0 fully saturated rings. The average Bonchev–Trinajstić information content (AvgIpc) is 2.96. The van der Waals surface area contributed by atoms with Crippen LogP contribution in [0.4, 0.5) is 0 Å². The number of nitrogens with one attached hydrogen (secondary N) is 1. The van der Waals surface area contributed by atoms with E-state index in [4.69, 9.17) is 0 Å². The van der Waals surface area contributed by atoms with Gasteiger partial charge in [0.25, 0.3) is 0 Å². The van der Waals surface area contributed by atoms with E-state index in [0.717, 1.165) is 27.7 Å². The number of H-pyrrole nitrogens is 1. The van der Waals surface area contributed by atoms with Crippen LogP contribution < -0.4 is 0 Å². The summed E-state index contributed by atoms with van der Waals surface area (Å²) in [6.07, 6.45) is 4.13. The van der Waals surface area contributed by atoms with E-state index in [1.54, 1.807) is 25.2 Å². The average molecular weight is 279 g/mol. The molecule has 21 heavy (non-hydrogen) atoms. The van der Waals surface area contributed by atoms with Gasteiger partial charge in [-0.05, 0) is 28.8 Å². The molecule has 2 aromatic heterocycles. The van der Waals surface area contributed by atoms with E-state index in [9.17, 15) is 4.79 Å². The van der Waals surface area contributed by atoms with Crippen LogP contribution in [0.2, 0.25) is 0 Å². The van der Waals surface area contributed by atoms with E-state index in [1.165, 1.54) is 0 Å². The van der Waals surface area contributed by atoms with Gasteiger partial charge in [-0.3, -0.25) is 4.79 Å². The molecule has 0 saturated heterocycles. The number of likely N-dealkylation sites (N-methyl/N-ethyl adjacent to an activating group) is 1. The second-order valence-corrected chi connectivity index (χ2v) is 5.26. The molecule has 106 valence electrons. The van der Waals surface area contributed by atoms with Crippen molar-refractivity contribution in [2.45, 2.75) is 6.42 Å². The molecule has 1 aromatic carbocycles. The molecular weight excluding hydrogens is 262 g/mol. The van der Waals surface area contributed by atoms with Gasteiger partial charge in [0.15, 0.2) is 0 Å². The summed E-state index contributed by atoms with van der Waals surface area (Å²) in [6.45, 7) is 0. The van der Waals surface area contributed by atoms with Crippen LogP contribution in [-0.4, -0.2) is 34.9 Å². The molecule has 0 unspecified atom stereocenters. The van der Waals surface area contributed by atoms with Crippen molar-refractivity contribution in [1.29, 1.82) is 0 Å². The second-order valence-electron chi connectivity index (χ2n) is 5.26. The maximum atomic E-state index is 11.7. The molecule has 0 bridgehead atoms. The van der Waals surface area contributed by atoms with Gasteiger partial charge in [-0.1, -0.05) is 24.3 Å². The lowest BCUT2D eigenvalue weighted by atomic mass is 10.0. The van der Waals surface area contributed by atoms with Crippen molar-refractivity contribution >= 4 is 16.9 Å². The molecule has 1 amide bonds. The first-order valence-corrected chi connectivity index (χ1v) is 6.87. The van der Waals surface area contributed by atoms with Crippen molar-refractivity contribution in [3.8, 4) is 11.1 Å². The lowest BCUT2D eigenvalue weighted by Crippen LogP contribution is -2.23. The highest BCUT2D eigenvalue weighted by molar-refractivity contribution is 5.92. The number of nitrogens with zero attached hydrogens (tertiary/aromatic N) is 2. The minimum Gasteiger partial charge on any atom is -0.349 e. The SMILES string of the molecule is CN(C)C(=O)Cc1ccc(-c2ccnc3[nH]ccc23)cc1. The fourth-order valence-corrected chi connectivity index (χ4v) is 2.35. The smallest absolute Gasteiger partial charge is 0.226 e. The van der Waals surface area contributed by atoms with Gasteiger partial charge < -0.3 is 9.88 Å². The molecule has 0 aliphatic rings. The van der Waals surface area contributed by atoms with Crippen LogP contribution in [-0.2, 0) is 11.2 Å². The summed E-state index contributed by atoms with van der Waals surface area (Å²) in [7, 11) is 3.55. The Morgan fingerprint density at radius 3 is 2.62 bits per heavy atom. The summed E-state index contributed by atoms with van der Waals surface area (Å²) in [5, 5.41) is 1.11. The maximum Gasteiger partial charge on any atom is 0.226 e. The van der Waals surface area contributed by atoms with Gasteiger partial charge >= 0.3 is 0 Å². The van der Waals surface area contributed by atoms with Crippen LogP contribution in [0.5, 0.6) is 0 Å². The van der Waals surface area contributed by atoms with Crippen LogP contribution in [0.3, 0.4) is 0 Å². The van der Waals surface area contributed by atoms with Gasteiger partial charge in [0.05, 0.1) is 6.42 Å². The molecule has 0 saturated carbocycles. The third-order valence-electron chi connectivity index (χ3n) is 3.58. The van der Waals surface area contributed by atoms with Crippen LogP contribution in [0.1, 0.15) is 5.56 Å². The fourth-order valence-electron chi connectivity index (χ4n) is 2.35. The molecular formula is C17H17N3O. The normalized spacial score (nSPS) is 10.8.